The Hall–Kier alpha value is -2.16. The normalized spacial score (nSPS) is 10.7. The van der Waals surface area contributed by atoms with E-state index in [1.54, 1.807) is 10.8 Å². The van der Waals surface area contributed by atoms with Crippen LogP contribution in [-0.2, 0) is 6.42 Å². The van der Waals surface area contributed by atoms with E-state index in [0.29, 0.717) is 6.42 Å². The molecule has 98 valence electrons. The minimum absolute atomic E-state index is 0.131. The Labute approximate surface area is 113 Å². The first-order valence-corrected chi connectivity index (χ1v) is 6.39. The van der Waals surface area contributed by atoms with Crippen LogP contribution in [0, 0.1) is 0 Å². The maximum absolute atomic E-state index is 11.8. The predicted octanol–water partition coefficient (Wildman–Crippen LogP) is 3.08. The van der Waals surface area contributed by atoms with E-state index in [1.165, 1.54) is 0 Å². The van der Waals surface area contributed by atoms with Gasteiger partial charge in [0.25, 0.3) is 0 Å². The van der Waals surface area contributed by atoms with E-state index in [0.717, 1.165) is 16.8 Å². The van der Waals surface area contributed by atoms with Crippen molar-refractivity contribution in [3.05, 3.63) is 70.9 Å². The van der Waals surface area contributed by atoms with Crippen molar-refractivity contribution in [2.45, 2.75) is 26.3 Å². The highest BCUT2D eigenvalue weighted by molar-refractivity contribution is 5.64. The molecule has 0 atom stereocenters. The minimum Gasteiger partial charge on any atom is -0.297 e. The van der Waals surface area contributed by atoms with Crippen LogP contribution in [-0.4, -0.2) is 9.55 Å². The summed E-state index contributed by atoms with van der Waals surface area (Å²) >= 11 is 0. The van der Waals surface area contributed by atoms with Crippen LogP contribution in [0.3, 0.4) is 0 Å². The molecular weight excluding hydrogens is 236 g/mol. The van der Waals surface area contributed by atoms with E-state index in [4.69, 9.17) is 0 Å². The molecule has 0 amide bonds. The van der Waals surface area contributed by atoms with Crippen LogP contribution in [0.1, 0.15) is 31.1 Å². The molecule has 0 N–H and O–H groups in total. The smallest absolute Gasteiger partial charge is 0.297 e. The second-order valence-corrected chi connectivity index (χ2v) is 4.85. The van der Waals surface area contributed by atoms with Gasteiger partial charge in [-0.1, -0.05) is 36.9 Å². The van der Waals surface area contributed by atoms with Crippen molar-refractivity contribution in [2.24, 2.45) is 0 Å². The molecule has 0 aliphatic heterocycles. The highest BCUT2D eigenvalue weighted by atomic mass is 16.1. The monoisotopic (exact) mass is 254 g/mol. The lowest BCUT2D eigenvalue weighted by molar-refractivity contribution is 0.561. The number of benzene rings is 1. The Morgan fingerprint density at radius 3 is 2.53 bits per heavy atom. The van der Waals surface area contributed by atoms with E-state index >= 15 is 0 Å². The predicted molar refractivity (Wildman–Crippen MR) is 78.1 cm³/mol. The van der Waals surface area contributed by atoms with E-state index in [-0.39, 0.29) is 11.7 Å². The summed E-state index contributed by atoms with van der Waals surface area (Å²) in [5.41, 5.74) is 2.61. The minimum atomic E-state index is -0.201. The fraction of sp³-hybridized carbons (Fsp3) is 0.250. The molecule has 0 saturated carbocycles. The van der Waals surface area contributed by atoms with Gasteiger partial charge < -0.3 is 0 Å². The summed E-state index contributed by atoms with van der Waals surface area (Å²) < 4.78 is 1.62. The zero-order valence-corrected chi connectivity index (χ0v) is 11.3. The van der Waals surface area contributed by atoms with Crippen LogP contribution in [0.4, 0.5) is 0 Å². The summed E-state index contributed by atoms with van der Waals surface area (Å²) in [5, 5.41) is 0. The lowest BCUT2D eigenvalue weighted by Crippen LogP contribution is -2.24. The van der Waals surface area contributed by atoms with E-state index in [1.807, 2.05) is 50.2 Å². The van der Waals surface area contributed by atoms with Crippen LogP contribution in [0.5, 0.6) is 0 Å². The van der Waals surface area contributed by atoms with Crippen LogP contribution in [0.2, 0.25) is 0 Å². The third-order valence-electron chi connectivity index (χ3n) is 3.02. The van der Waals surface area contributed by atoms with Crippen molar-refractivity contribution in [3.63, 3.8) is 0 Å². The Morgan fingerprint density at radius 1 is 1.26 bits per heavy atom. The van der Waals surface area contributed by atoms with E-state index in [2.05, 4.69) is 11.6 Å². The standard InChI is InChI=1S/C16H18N2O/c1-12(2)18-10-9-15(17-16(18)19)11-13(3)14-7-5-4-6-8-14/h4-10,12H,3,11H2,1-2H3. The van der Waals surface area contributed by atoms with Crippen molar-refractivity contribution in [1.82, 2.24) is 9.55 Å². The number of rotatable bonds is 4. The van der Waals surface area contributed by atoms with Gasteiger partial charge in [-0.3, -0.25) is 4.57 Å². The summed E-state index contributed by atoms with van der Waals surface area (Å²) in [6.45, 7) is 7.99. The first-order chi connectivity index (χ1) is 9.08. The van der Waals surface area contributed by atoms with Crippen LogP contribution < -0.4 is 5.69 Å². The molecule has 0 spiro atoms. The van der Waals surface area contributed by atoms with E-state index in [9.17, 15) is 4.79 Å². The lowest BCUT2D eigenvalue weighted by Gasteiger charge is -2.10. The van der Waals surface area contributed by atoms with E-state index < -0.39 is 0 Å². The lowest BCUT2D eigenvalue weighted by atomic mass is 10.0. The molecule has 0 bridgehead atoms. The second kappa shape index (κ2) is 5.65. The van der Waals surface area contributed by atoms with Crippen molar-refractivity contribution in [3.8, 4) is 0 Å². The number of hydrogen-bond acceptors (Lipinski definition) is 2. The Kier molecular flexibility index (Phi) is 3.95. The molecule has 3 heteroatoms. The maximum Gasteiger partial charge on any atom is 0.348 e. The van der Waals surface area contributed by atoms with Gasteiger partial charge in [-0.2, -0.15) is 4.98 Å². The zero-order valence-electron chi connectivity index (χ0n) is 11.3. The van der Waals surface area contributed by atoms with Gasteiger partial charge in [0, 0.05) is 18.7 Å². The number of hydrogen-bond donors (Lipinski definition) is 0. The Morgan fingerprint density at radius 2 is 1.95 bits per heavy atom. The Bertz CT molecular complexity index is 627. The largest absolute Gasteiger partial charge is 0.348 e. The molecule has 0 aliphatic rings. The highest BCUT2D eigenvalue weighted by Crippen LogP contribution is 2.15. The highest BCUT2D eigenvalue weighted by Gasteiger charge is 2.05. The van der Waals surface area contributed by atoms with Crippen LogP contribution in [0.25, 0.3) is 5.57 Å². The van der Waals surface area contributed by atoms with Gasteiger partial charge >= 0.3 is 5.69 Å². The first kappa shape index (κ1) is 13.3. The zero-order chi connectivity index (χ0) is 13.8. The van der Waals surface area contributed by atoms with Crippen molar-refractivity contribution < 1.29 is 0 Å². The SMILES string of the molecule is C=C(Cc1ccn(C(C)C)c(=O)n1)c1ccccc1. The van der Waals surface area contributed by atoms with Crippen LogP contribution in [0.15, 0.2) is 54.0 Å². The molecule has 3 nitrogen and oxygen atoms in total. The third-order valence-corrected chi connectivity index (χ3v) is 3.02. The number of allylic oxidation sites excluding steroid dienone is 1. The van der Waals surface area contributed by atoms with Crippen molar-refractivity contribution >= 4 is 5.57 Å². The summed E-state index contributed by atoms with van der Waals surface area (Å²) in [6.07, 6.45) is 2.39. The second-order valence-electron chi connectivity index (χ2n) is 4.85. The maximum atomic E-state index is 11.8. The average molecular weight is 254 g/mol. The van der Waals surface area contributed by atoms with Crippen molar-refractivity contribution in [2.75, 3.05) is 0 Å². The van der Waals surface area contributed by atoms with Gasteiger partial charge in [0.05, 0.1) is 5.69 Å². The first-order valence-electron chi connectivity index (χ1n) is 6.39. The van der Waals surface area contributed by atoms with Gasteiger partial charge in [-0.25, -0.2) is 4.79 Å². The molecule has 0 saturated heterocycles. The molecule has 2 aromatic rings. The molecule has 1 heterocycles. The molecule has 2 rings (SSSR count). The fourth-order valence-corrected chi connectivity index (χ4v) is 1.93. The summed E-state index contributed by atoms with van der Waals surface area (Å²) in [7, 11) is 0. The molecule has 0 aliphatic carbocycles. The quantitative estimate of drug-likeness (QED) is 0.840. The number of nitrogens with zero attached hydrogens (tertiary/aromatic N) is 2. The van der Waals surface area contributed by atoms with Crippen LogP contribution >= 0.6 is 0 Å². The third kappa shape index (κ3) is 3.19. The molecule has 0 fully saturated rings. The molecule has 1 aromatic carbocycles. The molecule has 1 aromatic heterocycles. The Balaban J connectivity index is 2.19. The molecular formula is C16H18N2O. The average Bonchev–Trinajstić information content (AvgIpc) is 2.39. The van der Waals surface area contributed by atoms with Gasteiger partial charge in [0.2, 0.25) is 0 Å². The molecule has 0 unspecified atom stereocenters. The summed E-state index contributed by atoms with van der Waals surface area (Å²) in [4.78, 5) is 15.9. The molecule has 19 heavy (non-hydrogen) atoms. The molecule has 0 radical (unpaired) electrons. The van der Waals surface area contributed by atoms with Gasteiger partial charge in [0.1, 0.15) is 0 Å². The number of aromatic nitrogens is 2. The topological polar surface area (TPSA) is 34.9 Å². The summed E-state index contributed by atoms with van der Waals surface area (Å²) in [6, 6.07) is 12.0. The van der Waals surface area contributed by atoms with Crippen molar-refractivity contribution in [1.29, 1.82) is 0 Å². The summed E-state index contributed by atoms with van der Waals surface area (Å²) in [5.74, 6) is 0. The fourth-order valence-electron chi connectivity index (χ4n) is 1.93. The van der Waals surface area contributed by atoms with Gasteiger partial charge in [-0.05, 0) is 31.1 Å². The van der Waals surface area contributed by atoms with Gasteiger partial charge in [-0.15, -0.1) is 0 Å². The van der Waals surface area contributed by atoms with Gasteiger partial charge in [0.15, 0.2) is 0 Å².